The van der Waals surface area contributed by atoms with Gasteiger partial charge in [-0.2, -0.15) is 0 Å². The Balaban J connectivity index is 2.71. The van der Waals surface area contributed by atoms with Crippen molar-refractivity contribution in [2.24, 2.45) is 11.3 Å². The van der Waals surface area contributed by atoms with E-state index in [0.29, 0.717) is 5.92 Å². The summed E-state index contributed by atoms with van der Waals surface area (Å²) in [5.41, 5.74) is 2.65. The van der Waals surface area contributed by atoms with E-state index in [1.807, 2.05) is 6.92 Å². The maximum Gasteiger partial charge on any atom is 0.145 e. The van der Waals surface area contributed by atoms with Crippen LogP contribution in [0, 0.1) is 11.3 Å². The summed E-state index contributed by atoms with van der Waals surface area (Å²) in [6.07, 6.45) is 8.84. The molecule has 1 atom stereocenters. The standard InChI is InChI=1S/C14H22O/c1-11(10-15)8-9-13-7-5-6-12(2)14(13,3)4/h6,8,10,13H,5,7,9H2,1-4H3/b11-8+/t13-/m1/s1. The minimum atomic E-state index is 0.290. The van der Waals surface area contributed by atoms with E-state index in [9.17, 15) is 4.79 Å². The first kappa shape index (κ1) is 12.2. The van der Waals surface area contributed by atoms with E-state index < -0.39 is 0 Å². The molecule has 0 heterocycles. The predicted molar refractivity (Wildman–Crippen MR) is 64.7 cm³/mol. The fourth-order valence-corrected chi connectivity index (χ4v) is 2.24. The number of hydrogen-bond donors (Lipinski definition) is 0. The molecule has 0 unspecified atom stereocenters. The normalized spacial score (nSPS) is 26.0. The molecule has 0 saturated carbocycles. The SMILES string of the molecule is CC1=CCC[C@H](C/C=C(\C)C=O)C1(C)C. The smallest absolute Gasteiger partial charge is 0.145 e. The molecule has 0 aromatic carbocycles. The van der Waals surface area contributed by atoms with Gasteiger partial charge in [0.1, 0.15) is 6.29 Å². The molecule has 0 amide bonds. The van der Waals surface area contributed by atoms with E-state index in [0.717, 1.165) is 18.3 Å². The quantitative estimate of drug-likeness (QED) is 0.389. The minimum Gasteiger partial charge on any atom is -0.298 e. The average Bonchev–Trinajstić information content (AvgIpc) is 2.20. The molecule has 15 heavy (non-hydrogen) atoms. The Kier molecular flexibility index (Phi) is 3.90. The molecule has 0 spiro atoms. The Bertz CT molecular complexity index is 294. The van der Waals surface area contributed by atoms with Crippen LogP contribution in [-0.4, -0.2) is 6.29 Å². The van der Waals surface area contributed by atoms with Gasteiger partial charge in [0.25, 0.3) is 0 Å². The molecule has 0 fully saturated rings. The molecule has 0 aromatic heterocycles. The van der Waals surface area contributed by atoms with Crippen molar-refractivity contribution < 1.29 is 4.79 Å². The van der Waals surface area contributed by atoms with Crippen LogP contribution in [0.1, 0.15) is 47.0 Å². The van der Waals surface area contributed by atoms with Gasteiger partial charge in [0.15, 0.2) is 0 Å². The first-order valence-corrected chi connectivity index (χ1v) is 5.77. The van der Waals surface area contributed by atoms with Crippen LogP contribution in [0.15, 0.2) is 23.3 Å². The van der Waals surface area contributed by atoms with Crippen LogP contribution in [0.3, 0.4) is 0 Å². The van der Waals surface area contributed by atoms with Crippen LogP contribution in [0.2, 0.25) is 0 Å². The highest BCUT2D eigenvalue weighted by atomic mass is 16.1. The number of aldehydes is 1. The van der Waals surface area contributed by atoms with Crippen molar-refractivity contribution in [2.45, 2.75) is 47.0 Å². The Labute approximate surface area is 93.3 Å². The zero-order valence-corrected chi connectivity index (χ0v) is 10.3. The topological polar surface area (TPSA) is 17.1 Å². The number of carbonyl (C=O) groups excluding carboxylic acids is 1. The Morgan fingerprint density at radius 1 is 1.60 bits per heavy atom. The van der Waals surface area contributed by atoms with Gasteiger partial charge in [-0.3, -0.25) is 4.79 Å². The Morgan fingerprint density at radius 2 is 2.27 bits per heavy atom. The first-order chi connectivity index (χ1) is 6.98. The number of hydrogen-bond acceptors (Lipinski definition) is 1. The molecule has 84 valence electrons. The minimum absolute atomic E-state index is 0.290. The highest BCUT2D eigenvalue weighted by Crippen LogP contribution is 2.43. The second-order valence-corrected chi connectivity index (χ2v) is 5.18. The van der Waals surface area contributed by atoms with Crippen LogP contribution < -0.4 is 0 Å². The summed E-state index contributed by atoms with van der Waals surface area (Å²) < 4.78 is 0. The van der Waals surface area contributed by atoms with E-state index in [-0.39, 0.29) is 5.41 Å². The summed E-state index contributed by atoms with van der Waals surface area (Å²) >= 11 is 0. The summed E-state index contributed by atoms with van der Waals surface area (Å²) in [4.78, 5) is 10.5. The van der Waals surface area contributed by atoms with Crippen molar-refractivity contribution in [3.8, 4) is 0 Å². The van der Waals surface area contributed by atoms with E-state index >= 15 is 0 Å². The summed E-state index contributed by atoms with van der Waals surface area (Å²) in [6, 6.07) is 0. The maximum absolute atomic E-state index is 10.5. The van der Waals surface area contributed by atoms with Gasteiger partial charge in [-0.25, -0.2) is 0 Å². The maximum atomic E-state index is 10.5. The fraction of sp³-hybridized carbons (Fsp3) is 0.643. The summed E-state index contributed by atoms with van der Waals surface area (Å²) in [5.74, 6) is 0.678. The van der Waals surface area contributed by atoms with Gasteiger partial charge in [-0.1, -0.05) is 31.6 Å². The lowest BCUT2D eigenvalue weighted by atomic mass is 9.67. The first-order valence-electron chi connectivity index (χ1n) is 5.77. The van der Waals surface area contributed by atoms with Gasteiger partial charge >= 0.3 is 0 Å². The van der Waals surface area contributed by atoms with Crippen molar-refractivity contribution >= 4 is 6.29 Å². The highest BCUT2D eigenvalue weighted by Gasteiger charge is 2.32. The molecule has 1 aliphatic carbocycles. The molecule has 0 radical (unpaired) electrons. The molecule has 1 aliphatic rings. The van der Waals surface area contributed by atoms with E-state index in [2.05, 4.69) is 32.9 Å². The van der Waals surface area contributed by atoms with Crippen LogP contribution in [0.4, 0.5) is 0 Å². The second kappa shape index (κ2) is 4.78. The van der Waals surface area contributed by atoms with Crippen molar-refractivity contribution in [3.05, 3.63) is 23.3 Å². The third-order valence-corrected chi connectivity index (χ3v) is 3.91. The number of allylic oxidation sites excluding steroid dienone is 4. The highest BCUT2D eigenvalue weighted by molar-refractivity contribution is 5.71. The van der Waals surface area contributed by atoms with Gasteiger partial charge in [-0.15, -0.1) is 0 Å². The van der Waals surface area contributed by atoms with Gasteiger partial charge in [-0.05, 0) is 50.0 Å². The lowest BCUT2D eigenvalue weighted by Crippen LogP contribution is -2.27. The summed E-state index contributed by atoms with van der Waals surface area (Å²) in [6.45, 7) is 8.73. The molecule has 1 heteroatoms. The molecule has 0 N–H and O–H groups in total. The number of carbonyl (C=O) groups is 1. The van der Waals surface area contributed by atoms with Crippen molar-refractivity contribution in [1.82, 2.24) is 0 Å². The molecule has 0 aromatic rings. The van der Waals surface area contributed by atoms with Gasteiger partial charge in [0.05, 0.1) is 0 Å². The van der Waals surface area contributed by atoms with Crippen LogP contribution >= 0.6 is 0 Å². The third-order valence-electron chi connectivity index (χ3n) is 3.91. The average molecular weight is 206 g/mol. The molecule has 1 rings (SSSR count). The zero-order chi connectivity index (χ0) is 11.5. The van der Waals surface area contributed by atoms with Gasteiger partial charge in [0.2, 0.25) is 0 Å². The van der Waals surface area contributed by atoms with Gasteiger partial charge in [0, 0.05) is 0 Å². The predicted octanol–water partition coefficient (Wildman–Crippen LogP) is 3.90. The van der Waals surface area contributed by atoms with Gasteiger partial charge < -0.3 is 0 Å². The third kappa shape index (κ3) is 2.80. The molecular weight excluding hydrogens is 184 g/mol. The second-order valence-electron chi connectivity index (χ2n) is 5.18. The fourth-order valence-electron chi connectivity index (χ4n) is 2.24. The molecule has 0 aliphatic heterocycles. The molecule has 0 saturated heterocycles. The van der Waals surface area contributed by atoms with Crippen molar-refractivity contribution in [2.75, 3.05) is 0 Å². The van der Waals surface area contributed by atoms with Crippen LogP contribution in [0.25, 0.3) is 0 Å². The molecule has 1 nitrogen and oxygen atoms in total. The zero-order valence-electron chi connectivity index (χ0n) is 10.3. The Morgan fingerprint density at radius 3 is 2.87 bits per heavy atom. The lowest BCUT2D eigenvalue weighted by Gasteiger charge is -2.38. The van der Waals surface area contributed by atoms with E-state index in [1.165, 1.54) is 18.4 Å². The summed E-state index contributed by atoms with van der Waals surface area (Å²) in [5, 5.41) is 0. The van der Waals surface area contributed by atoms with E-state index in [4.69, 9.17) is 0 Å². The van der Waals surface area contributed by atoms with Crippen molar-refractivity contribution in [3.63, 3.8) is 0 Å². The molecule has 0 bridgehead atoms. The van der Waals surface area contributed by atoms with Crippen molar-refractivity contribution in [1.29, 1.82) is 0 Å². The molecular formula is C14H22O. The van der Waals surface area contributed by atoms with Crippen LogP contribution in [0.5, 0.6) is 0 Å². The number of rotatable bonds is 3. The lowest BCUT2D eigenvalue weighted by molar-refractivity contribution is -0.104. The van der Waals surface area contributed by atoms with Crippen LogP contribution in [-0.2, 0) is 4.79 Å². The van der Waals surface area contributed by atoms with E-state index in [1.54, 1.807) is 0 Å². The summed E-state index contributed by atoms with van der Waals surface area (Å²) in [7, 11) is 0. The Hall–Kier alpha value is -0.850. The largest absolute Gasteiger partial charge is 0.298 e. The monoisotopic (exact) mass is 206 g/mol.